The number of nitrogens with zero attached hydrogens (tertiary/aromatic N) is 4. The van der Waals surface area contributed by atoms with Crippen LogP contribution in [0.5, 0.6) is 5.75 Å². The molecule has 1 N–H and O–H groups in total. The van der Waals surface area contributed by atoms with Crippen molar-refractivity contribution >= 4 is 11.8 Å². The highest BCUT2D eigenvalue weighted by molar-refractivity contribution is 5.93. The van der Waals surface area contributed by atoms with Crippen molar-refractivity contribution in [2.24, 2.45) is 0 Å². The first-order valence-electron chi connectivity index (χ1n) is 8.39. The van der Waals surface area contributed by atoms with E-state index in [1.807, 2.05) is 47.5 Å². The number of methoxy groups -OCH3 is 1. The number of ether oxygens (including phenoxy) is 1. The molecule has 7 nitrogen and oxygen atoms in total. The Bertz CT molecular complexity index is 893. The van der Waals surface area contributed by atoms with Gasteiger partial charge in [-0.3, -0.25) is 10.00 Å². The van der Waals surface area contributed by atoms with Crippen LogP contribution in [0.1, 0.15) is 5.56 Å². The van der Waals surface area contributed by atoms with Crippen molar-refractivity contribution in [1.82, 2.24) is 20.1 Å². The molecule has 0 bridgehead atoms. The SMILES string of the molecule is COc1cccc(CN2CCN(c3ccc(-c4cn[nH]c4)cn3)C2=O)c1. The van der Waals surface area contributed by atoms with Gasteiger partial charge in [0, 0.05) is 43.2 Å². The van der Waals surface area contributed by atoms with E-state index in [2.05, 4.69) is 15.2 Å². The lowest BCUT2D eigenvalue weighted by Gasteiger charge is -2.18. The van der Waals surface area contributed by atoms with Gasteiger partial charge in [-0.1, -0.05) is 12.1 Å². The number of H-pyrrole nitrogens is 1. The maximum atomic E-state index is 12.7. The zero-order valence-corrected chi connectivity index (χ0v) is 14.4. The van der Waals surface area contributed by atoms with E-state index in [1.165, 1.54) is 0 Å². The normalized spacial score (nSPS) is 14.1. The van der Waals surface area contributed by atoms with Crippen LogP contribution in [0.25, 0.3) is 11.1 Å². The summed E-state index contributed by atoms with van der Waals surface area (Å²) < 4.78 is 5.25. The highest BCUT2D eigenvalue weighted by Gasteiger charge is 2.30. The van der Waals surface area contributed by atoms with Gasteiger partial charge >= 0.3 is 6.03 Å². The van der Waals surface area contributed by atoms with Gasteiger partial charge in [0.25, 0.3) is 0 Å². The van der Waals surface area contributed by atoms with Crippen LogP contribution < -0.4 is 9.64 Å². The Morgan fingerprint density at radius 3 is 2.81 bits per heavy atom. The van der Waals surface area contributed by atoms with E-state index in [0.29, 0.717) is 25.5 Å². The number of carbonyl (C=O) groups excluding carboxylic acids is 1. The number of carbonyl (C=O) groups is 1. The third-order valence-electron chi connectivity index (χ3n) is 4.46. The van der Waals surface area contributed by atoms with Crippen LogP contribution in [0, 0.1) is 0 Å². The van der Waals surface area contributed by atoms with E-state index < -0.39 is 0 Å². The molecule has 0 spiro atoms. The van der Waals surface area contributed by atoms with E-state index >= 15 is 0 Å². The predicted molar refractivity (Wildman–Crippen MR) is 98.0 cm³/mol. The van der Waals surface area contributed by atoms with Crippen LogP contribution in [0.2, 0.25) is 0 Å². The van der Waals surface area contributed by atoms with Gasteiger partial charge in [0.15, 0.2) is 0 Å². The zero-order valence-electron chi connectivity index (χ0n) is 14.4. The molecule has 0 unspecified atom stereocenters. The summed E-state index contributed by atoms with van der Waals surface area (Å²) in [6.45, 7) is 1.85. The maximum Gasteiger partial charge on any atom is 0.326 e. The van der Waals surface area contributed by atoms with Crippen LogP contribution in [-0.2, 0) is 6.54 Å². The molecular formula is C19H19N5O2. The molecule has 26 heavy (non-hydrogen) atoms. The fourth-order valence-electron chi connectivity index (χ4n) is 3.06. The van der Waals surface area contributed by atoms with Crippen LogP contribution in [0.15, 0.2) is 55.0 Å². The Hall–Kier alpha value is -3.35. The summed E-state index contributed by atoms with van der Waals surface area (Å²) in [5.41, 5.74) is 2.97. The average Bonchev–Trinajstić information content (AvgIpc) is 3.33. The molecule has 1 aliphatic heterocycles. The zero-order chi connectivity index (χ0) is 17.9. The second-order valence-corrected chi connectivity index (χ2v) is 6.10. The Morgan fingerprint density at radius 2 is 2.08 bits per heavy atom. The minimum Gasteiger partial charge on any atom is -0.497 e. The lowest BCUT2D eigenvalue weighted by Crippen LogP contribution is -2.31. The maximum absolute atomic E-state index is 12.7. The number of anilines is 1. The predicted octanol–water partition coefficient (Wildman–Crippen LogP) is 2.92. The quantitative estimate of drug-likeness (QED) is 0.768. The van der Waals surface area contributed by atoms with E-state index in [-0.39, 0.29) is 6.03 Å². The number of nitrogens with one attached hydrogen (secondary N) is 1. The summed E-state index contributed by atoms with van der Waals surface area (Å²) in [5, 5.41) is 6.72. The summed E-state index contributed by atoms with van der Waals surface area (Å²) in [5.74, 6) is 1.46. The first-order valence-corrected chi connectivity index (χ1v) is 8.39. The van der Waals surface area contributed by atoms with Gasteiger partial charge in [-0.05, 0) is 29.8 Å². The minimum atomic E-state index is -0.0311. The second kappa shape index (κ2) is 6.87. The van der Waals surface area contributed by atoms with Gasteiger partial charge in [0.05, 0.1) is 13.3 Å². The molecule has 7 heteroatoms. The number of aromatic amines is 1. The van der Waals surface area contributed by atoms with Crippen molar-refractivity contribution in [3.05, 3.63) is 60.6 Å². The van der Waals surface area contributed by atoms with Crippen LogP contribution in [0.4, 0.5) is 10.6 Å². The molecular weight excluding hydrogens is 330 g/mol. The Morgan fingerprint density at radius 1 is 1.15 bits per heavy atom. The number of hydrogen-bond donors (Lipinski definition) is 1. The lowest BCUT2D eigenvalue weighted by atomic mass is 10.2. The fraction of sp³-hybridized carbons (Fsp3) is 0.211. The number of pyridine rings is 1. The lowest BCUT2D eigenvalue weighted by molar-refractivity contribution is 0.218. The Balaban J connectivity index is 1.46. The van der Waals surface area contributed by atoms with E-state index in [4.69, 9.17) is 4.74 Å². The highest BCUT2D eigenvalue weighted by Crippen LogP contribution is 2.24. The minimum absolute atomic E-state index is 0.0311. The molecule has 2 amide bonds. The molecule has 3 heterocycles. The molecule has 1 saturated heterocycles. The van der Waals surface area contributed by atoms with Gasteiger partial charge < -0.3 is 9.64 Å². The molecule has 2 aromatic heterocycles. The Labute approximate surface area is 151 Å². The van der Waals surface area contributed by atoms with E-state index in [0.717, 1.165) is 22.4 Å². The Kier molecular flexibility index (Phi) is 4.27. The molecule has 4 rings (SSSR count). The van der Waals surface area contributed by atoms with Gasteiger partial charge in [-0.2, -0.15) is 5.10 Å². The van der Waals surface area contributed by atoms with Gasteiger partial charge in [0.2, 0.25) is 0 Å². The summed E-state index contributed by atoms with van der Waals surface area (Å²) in [4.78, 5) is 20.7. The van der Waals surface area contributed by atoms with E-state index in [9.17, 15) is 4.79 Å². The smallest absolute Gasteiger partial charge is 0.326 e. The number of aromatic nitrogens is 3. The van der Waals surface area contributed by atoms with Crippen LogP contribution >= 0.6 is 0 Å². The first kappa shape index (κ1) is 16.1. The third kappa shape index (κ3) is 3.11. The summed E-state index contributed by atoms with van der Waals surface area (Å²) in [6, 6.07) is 11.6. The summed E-state index contributed by atoms with van der Waals surface area (Å²) in [6.07, 6.45) is 5.32. The van der Waals surface area contributed by atoms with Crippen molar-refractivity contribution in [2.75, 3.05) is 25.1 Å². The van der Waals surface area contributed by atoms with Crippen LogP contribution in [-0.4, -0.2) is 46.3 Å². The van der Waals surface area contributed by atoms with E-state index in [1.54, 1.807) is 24.4 Å². The highest BCUT2D eigenvalue weighted by atomic mass is 16.5. The molecule has 0 atom stereocenters. The molecule has 132 valence electrons. The van der Waals surface area contributed by atoms with Crippen molar-refractivity contribution in [3.63, 3.8) is 0 Å². The van der Waals surface area contributed by atoms with Crippen molar-refractivity contribution < 1.29 is 9.53 Å². The number of amides is 2. The van der Waals surface area contributed by atoms with Gasteiger partial charge in [-0.15, -0.1) is 0 Å². The number of urea groups is 1. The monoisotopic (exact) mass is 349 g/mol. The molecule has 0 radical (unpaired) electrons. The molecule has 0 aliphatic carbocycles. The number of hydrogen-bond acceptors (Lipinski definition) is 4. The van der Waals surface area contributed by atoms with Crippen LogP contribution in [0.3, 0.4) is 0 Å². The molecule has 0 saturated carbocycles. The second-order valence-electron chi connectivity index (χ2n) is 6.10. The average molecular weight is 349 g/mol. The molecule has 3 aromatic rings. The third-order valence-corrected chi connectivity index (χ3v) is 4.46. The molecule has 1 fully saturated rings. The summed E-state index contributed by atoms with van der Waals surface area (Å²) in [7, 11) is 1.64. The fourth-order valence-corrected chi connectivity index (χ4v) is 3.06. The number of rotatable bonds is 5. The van der Waals surface area contributed by atoms with Gasteiger partial charge in [0.1, 0.15) is 11.6 Å². The van der Waals surface area contributed by atoms with Crippen molar-refractivity contribution in [1.29, 1.82) is 0 Å². The molecule has 1 aromatic carbocycles. The largest absolute Gasteiger partial charge is 0.497 e. The van der Waals surface area contributed by atoms with Gasteiger partial charge in [-0.25, -0.2) is 9.78 Å². The van der Waals surface area contributed by atoms with Crippen molar-refractivity contribution in [2.45, 2.75) is 6.54 Å². The molecule has 1 aliphatic rings. The topological polar surface area (TPSA) is 74.3 Å². The van der Waals surface area contributed by atoms with Crippen molar-refractivity contribution in [3.8, 4) is 16.9 Å². The first-order chi connectivity index (χ1) is 12.7. The number of benzene rings is 1. The summed E-state index contributed by atoms with van der Waals surface area (Å²) >= 11 is 0. The standard InChI is InChI=1S/C19H19N5O2/c1-26-17-4-2-3-14(9-17)13-23-7-8-24(19(23)25)18-6-5-15(10-20-18)16-11-21-22-12-16/h2-6,9-12H,7-8,13H2,1H3,(H,21,22).